The molecule has 10 heteroatoms. The average Bonchev–Trinajstić information content (AvgIpc) is 3.21. The van der Waals surface area contributed by atoms with E-state index in [4.69, 9.17) is 18.6 Å². The van der Waals surface area contributed by atoms with Crippen LogP contribution in [0.25, 0.3) is 0 Å². The Morgan fingerprint density at radius 1 is 1.05 bits per heavy atom. The number of aryl methyl sites for hydroxylation is 1. The predicted octanol–water partition coefficient (Wildman–Crippen LogP) is 2.10. The first-order valence-electron chi connectivity index (χ1n) is 13.5. The molecule has 3 aromatic rings. The van der Waals surface area contributed by atoms with Crippen LogP contribution in [0.2, 0.25) is 5.04 Å². The first-order chi connectivity index (χ1) is 19.0. The monoisotopic (exact) mass is 568 g/mol. The standard InChI is InChI=1S/C30H40N2O7Si/c1-20-17-32(29(35)31-27(20)34)28-26(38-21(2)18-36-6)25(33)24(39-28)19-37-40(30(3,4)5,22-13-9-7-10-14-22)23-15-11-8-12-16-23/h7-17,21,24-26,28,33H,18-19H2,1-6H3,(H,31,34,35)/t21-,24+,25?,26-,28+/m0/s1. The molecular formula is C30H40N2O7Si. The van der Waals surface area contributed by atoms with Crippen LogP contribution in [0.5, 0.6) is 0 Å². The summed E-state index contributed by atoms with van der Waals surface area (Å²) < 4.78 is 26.0. The molecular weight excluding hydrogens is 528 g/mol. The Morgan fingerprint density at radius 3 is 2.15 bits per heavy atom. The molecule has 0 bridgehead atoms. The molecule has 2 aromatic carbocycles. The fourth-order valence-corrected chi connectivity index (χ4v) is 10.1. The predicted molar refractivity (Wildman–Crippen MR) is 156 cm³/mol. The van der Waals surface area contributed by atoms with Crippen molar-refractivity contribution in [1.82, 2.24) is 9.55 Å². The van der Waals surface area contributed by atoms with Crippen molar-refractivity contribution in [2.24, 2.45) is 0 Å². The molecule has 216 valence electrons. The Bertz CT molecular complexity index is 1330. The Morgan fingerprint density at radius 2 is 1.62 bits per heavy atom. The number of aromatic nitrogens is 2. The van der Waals surface area contributed by atoms with Crippen LogP contribution in [0.15, 0.2) is 76.4 Å². The van der Waals surface area contributed by atoms with Crippen LogP contribution in [0.4, 0.5) is 0 Å². The minimum absolute atomic E-state index is 0.0700. The van der Waals surface area contributed by atoms with Crippen molar-refractivity contribution in [3.8, 4) is 0 Å². The van der Waals surface area contributed by atoms with Crippen molar-refractivity contribution in [3.63, 3.8) is 0 Å². The summed E-state index contributed by atoms with van der Waals surface area (Å²) in [5.74, 6) is 0. The Hall–Kier alpha value is -2.86. The number of hydrogen-bond acceptors (Lipinski definition) is 7. The normalized spacial score (nSPS) is 22.4. The Labute approximate surface area is 235 Å². The van der Waals surface area contributed by atoms with Crippen molar-refractivity contribution in [1.29, 1.82) is 0 Å². The van der Waals surface area contributed by atoms with Gasteiger partial charge in [-0.25, -0.2) is 4.79 Å². The second-order valence-corrected chi connectivity index (χ2v) is 15.7. The molecule has 0 amide bonds. The van der Waals surface area contributed by atoms with Crippen LogP contribution >= 0.6 is 0 Å². The lowest BCUT2D eigenvalue weighted by atomic mass is 10.1. The minimum atomic E-state index is -2.91. The van der Waals surface area contributed by atoms with E-state index in [0.717, 1.165) is 10.4 Å². The molecule has 1 aromatic heterocycles. The summed E-state index contributed by atoms with van der Waals surface area (Å²) in [7, 11) is -1.34. The maximum atomic E-state index is 12.8. The summed E-state index contributed by atoms with van der Waals surface area (Å²) in [5.41, 5.74) is -0.778. The summed E-state index contributed by atoms with van der Waals surface area (Å²) in [4.78, 5) is 27.2. The zero-order valence-electron chi connectivity index (χ0n) is 24.0. The summed E-state index contributed by atoms with van der Waals surface area (Å²) >= 11 is 0. The van der Waals surface area contributed by atoms with Crippen LogP contribution in [0.1, 0.15) is 39.5 Å². The number of benzene rings is 2. The van der Waals surface area contributed by atoms with Gasteiger partial charge in [-0.15, -0.1) is 0 Å². The fraction of sp³-hybridized carbons (Fsp3) is 0.467. The molecule has 2 heterocycles. The van der Waals surface area contributed by atoms with Gasteiger partial charge in [-0.1, -0.05) is 81.4 Å². The first kappa shape index (κ1) is 30.1. The molecule has 1 unspecified atom stereocenters. The molecule has 4 rings (SSSR count). The van der Waals surface area contributed by atoms with Crippen LogP contribution in [0.3, 0.4) is 0 Å². The highest BCUT2D eigenvalue weighted by Crippen LogP contribution is 2.38. The summed E-state index contributed by atoms with van der Waals surface area (Å²) in [6.07, 6.45) is -2.74. The quantitative estimate of drug-likeness (QED) is 0.360. The zero-order chi connectivity index (χ0) is 29.1. The number of ether oxygens (including phenoxy) is 3. The van der Waals surface area contributed by atoms with Gasteiger partial charge in [0, 0.05) is 18.9 Å². The highest BCUT2D eigenvalue weighted by Gasteiger charge is 2.53. The topological polar surface area (TPSA) is 112 Å². The number of nitrogens with one attached hydrogen (secondary N) is 1. The molecule has 1 aliphatic rings. The van der Waals surface area contributed by atoms with Crippen LogP contribution in [-0.2, 0) is 18.6 Å². The molecule has 0 spiro atoms. The zero-order valence-corrected chi connectivity index (χ0v) is 25.0. The van der Waals surface area contributed by atoms with Gasteiger partial charge in [0.15, 0.2) is 6.23 Å². The molecule has 0 aliphatic carbocycles. The third-order valence-electron chi connectivity index (χ3n) is 7.40. The Balaban J connectivity index is 1.72. The highest BCUT2D eigenvalue weighted by molar-refractivity contribution is 6.99. The van der Waals surface area contributed by atoms with E-state index < -0.39 is 44.1 Å². The molecule has 1 fully saturated rings. The van der Waals surface area contributed by atoms with Gasteiger partial charge in [-0.05, 0) is 29.3 Å². The number of H-pyrrole nitrogens is 1. The largest absolute Gasteiger partial charge is 0.405 e. The molecule has 0 saturated carbocycles. The van der Waals surface area contributed by atoms with Crippen molar-refractivity contribution in [2.75, 3.05) is 20.3 Å². The van der Waals surface area contributed by atoms with Crippen LogP contribution in [0, 0.1) is 6.92 Å². The smallest absolute Gasteiger partial charge is 0.330 e. The van der Waals surface area contributed by atoms with Gasteiger partial charge in [-0.3, -0.25) is 14.3 Å². The van der Waals surface area contributed by atoms with Gasteiger partial charge >= 0.3 is 5.69 Å². The van der Waals surface area contributed by atoms with Gasteiger partial charge in [0.25, 0.3) is 13.9 Å². The van der Waals surface area contributed by atoms with Crippen LogP contribution < -0.4 is 21.6 Å². The molecule has 40 heavy (non-hydrogen) atoms. The van der Waals surface area contributed by atoms with E-state index >= 15 is 0 Å². The first-order valence-corrected chi connectivity index (χ1v) is 15.5. The third kappa shape index (κ3) is 5.92. The lowest BCUT2D eigenvalue weighted by molar-refractivity contribution is -0.111. The van der Waals surface area contributed by atoms with E-state index in [9.17, 15) is 14.7 Å². The molecule has 5 atom stereocenters. The van der Waals surface area contributed by atoms with Gasteiger partial charge in [0.2, 0.25) is 0 Å². The van der Waals surface area contributed by atoms with Crippen molar-refractivity contribution < 1.29 is 23.7 Å². The molecule has 9 nitrogen and oxygen atoms in total. The number of nitrogens with zero attached hydrogens (tertiary/aromatic N) is 1. The lowest BCUT2D eigenvalue weighted by Crippen LogP contribution is -2.67. The van der Waals surface area contributed by atoms with E-state index in [1.807, 2.05) is 43.3 Å². The molecule has 1 aliphatic heterocycles. The van der Waals surface area contributed by atoms with E-state index in [0.29, 0.717) is 12.2 Å². The number of hydrogen-bond donors (Lipinski definition) is 2. The second-order valence-electron chi connectivity index (χ2n) is 11.4. The summed E-state index contributed by atoms with van der Waals surface area (Å²) in [5, 5.41) is 13.4. The van der Waals surface area contributed by atoms with Crippen molar-refractivity contribution in [2.45, 2.75) is 70.3 Å². The number of aliphatic hydroxyl groups excluding tert-OH is 1. The van der Waals surface area contributed by atoms with Gasteiger partial charge in [0.1, 0.15) is 18.3 Å². The lowest BCUT2D eigenvalue weighted by Gasteiger charge is -2.43. The van der Waals surface area contributed by atoms with E-state index in [-0.39, 0.29) is 17.7 Å². The van der Waals surface area contributed by atoms with E-state index in [1.165, 1.54) is 10.8 Å². The molecule has 2 N–H and O–H groups in total. The second kappa shape index (κ2) is 12.3. The highest BCUT2D eigenvalue weighted by atomic mass is 28.4. The SMILES string of the molecule is COC[C@H](C)O[C@H]1C(O)[C@@H](CO[Si](c2ccccc2)(c2ccccc2)C(C)(C)C)O[C@H]1n1cc(C)c(=O)[nH]c1=O. The van der Waals surface area contributed by atoms with Crippen LogP contribution in [-0.4, -0.2) is 67.7 Å². The third-order valence-corrected chi connectivity index (χ3v) is 12.4. The average molecular weight is 569 g/mol. The van der Waals surface area contributed by atoms with E-state index in [2.05, 4.69) is 50.0 Å². The number of aromatic amines is 1. The van der Waals surface area contributed by atoms with Gasteiger partial charge in [-0.2, -0.15) is 0 Å². The maximum Gasteiger partial charge on any atom is 0.330 e. The summed E-state index contributed by atoms with van der Waals surface area (Å²) in [6, 6.07) is 20.4. The fourth-order valence-electron chi connectivity index (χ4n) is 5.51. The molecule has 0 radical (unpaired) electrons. The number of rotatable bonds is 10. The van der Waals surface area contributed by atoms with E-state index in [1.54, 1.807) is 14.0 Å². The minimum Gasteiger partial charge on any atom is -0.405 e. The van der Waals surface area contributed by atoms with Crippen molar-refractivity contribution >= 4 is 18.7 Å². The van der Waals surface area contributed by atoms with Gasteiger partial charge < -0.3 is 23.7 Å². The van der Waals surface area contributed by atoms with Gasteiger partial charge in [0.05, 0.1) is 19.3 Å². The number of methoxy groups -OCH3 is 1. The van der Waals surface area contributed by atoms with Crippen molar-refractivity contribution in [3.05, 3.63) is 93.3 Å². The summed E-state index contributed by atoms with van der Waals surface area (Å²) in [6.45, 7) is 10.3. The number of aliphatic hydroxyl groups is 1. The molecule has 1 saturated heterocycles. The maximum absolute atomic E-state index is 12.8. The Kier molecular flexibility index (Phi) is 9.28.